The fourth-order valence-electron chi connectivity index (χ4n) is 1.63. The molecule has 23 heavy (non-hydrogen) atoms. The summed E-state index contributed by atoms with van der Waals surface area (Å²) in [6, 6.07) is 7.35. The van der Waals surface area contributed by atoms with Crippen molar-refractivity contribution in [3.05, 3.63) is 36.7 Å². The van der Waals surface area contributed by atoms with Crippen LogP contribution in [0.5, 0.6) is 0 Å². The lowest BCUT2D eigenvalue weighted by molar-refractivity contribution is -0.164. The molecule has 0 unspecified atom stereocenters. The smallest absolute Gasteiger partial charge is 0.316 e. The van der Waals surface area contributed by atoms with Gasteiger partial charge >= 0.3 is 5.97 Å². The van der Waals surface area contributed by atoms with Gasteiger partial charge in [-0.25, -0.2) is 9.97 Å². The molecule has 8 heteroatoms. The van der Waals surface area contributed by atoms with Gasteiger partial charge in [0.05, 0.1) is 17.1 Å². The summed E-state index contributed by atoms with van der Waals surface area (Å²) in [5.74, 6) is -0.285. The van der Waals surface area contributed by atoms with Gasteiger partial charge in [0.25, 0.3) is 0 Å². The Hall–Kier alpha value is -2.03. The van der Waals surface area contributed by atoms with Gasteiger partial charge in [-0.1, -0.05) is 17.8 Å². The standard InChI is InChI=1S/C15H17N3O4S/c1-20-14(21-2)9-22-13(19)10-23-15-17-8-6-12(18-15)11-5-3-4-7-16-11/h3-8,14H,9-10H2,1-2H3. The number of nitrogens with zero attached hydrogens (tertiary/aromatic N) is 3. The number of rotatable bonds is 8. The Morgan fingerprint density at radius 1 is 1.13 bits per heavy atom. The summed E-state index contributed by atoms with van der Waals surface area (Å²) in [6.45, 7) is 0.0429. The Morgan fingerprint density at radius 3 is 2.65 bits per heavy atom. The maximum absolute atomic E-state index is 11.7. The zero-order valence-electron chi connectivity index (χ0n) is 12.8. The van der Waals surface area contributed by atoms with E-state index in [0.29, 0.717) is 10.9 Å². The molecule has 2 rings (SSSR count). The van der Waals surface area contributed by atoms with E-state index < -0.39 is 6.29 Å². The first-order valence-electron chi connectivity index (χ1n) is 6.81. The van der Waals surface area contributed by atoms with Crippen LogP contribution < -0.4 is 0 Å². The van der Waals surface area contributed by atoms with Crippen molar-refractivity contribution >= 4 is 17.7 Å². The van der Waals surface area contributed by atoms with E-state index in [-0.39, 0.29) is 18.3 Å². The monoisotopic (exact) mass is 335 g/mol. The van der Waals surface area contributed by atoms with Crippen molar-refractivity contribution in [3.63, 3.8) is 0 Å². The van der Waals surface area contributed by atoms with Crippen LogP contribution in [0.4, 0.5) is 0 Å². The van der Waals surface area contributed by atoms with Crippen molar-refractivity contribution in [2.45, 2.75) is 11.4 Å². The molecule has 0 aromatic carbocycles. The SMILES string of the molecule is COC(COC(=O)CSc1nccc(-c2ccccn2)n1)OC. The zero-order chi connectivity index (χ0) is 16.5. The quantitative estimate of drug-likeness (QED) is 0.312. The number of ether oxygens (including phenoxy) is 3. The number of esters is 1. The maximum atomic E-state index is 11.7. The van der Waals surface area contributed by atoms with Crippen molar-refractivity contribution < 1.29 is 19.0 Å². The minimum atomic E-state index is -0.562. The minimum absolute atomic E-state index is 0.0429. The molecular weight excluding hydrogens is 318 g/mol. The highest BCUT2D eigenvalue weighted by Crippen LogP contribution is 2.18. The largest absolute Gasteiger partial charge is 0.460 e. The van der Waals surface area contributed by atoms with Gasteiger partial charge in [0, 0.05) is 26.6 Å². The third-order valence-electron chi connectivity index (χ3n) is 2.79. The first-order valence-corrected chi connectivity index (χ1v) is 7.80. The van der Waals surface area contributed by atoms with E-state index in [2.05, 4.69) is 15.0 Å². The van der Waals surface area contributed by atoms with Crippen molar-refractivity contribution in [3.8, 4) is 11.4 Å². The number of hydrogen-bond acceptors (Lipinski definition) is 8. The molecular formula is C15H17N3O4S. The highest BCUT2D eigenvalue weighted by atomic mass is 32.2. The molecule has 7 nitrogen and oxygen atoms in total. The fourth-order valence-corrected chi connectivity index (χ4v) is 2.25. The molecule has 0 bridgehead atoms. The highest BCUT2D eigenvalue weighted by Gasteiger charge is 2.11. The molecule has 0 aliphatic heterocycles. The molecule has 0 fully saturated rings. The van der Waals surface area contributed by atoms with Gasteiger partial charge in [-0.15, -0.1) is 0 Å². The Balaban J connectivity index is 1.88. The Morgan fingerprint density at radius 2 is 1.96 bits per heavy atom. The minimum Gasteiger partial charge on any atom is -0.460 e. The number of thioether (sulfide) groups is 1. The van der Waals surface area contributed by atoms with Crippen LogP contribution in [0.1, 0.15) is 0 Å². The molecule has 0 atom stereocenters. The van der Waals surface area contributed by atoms with Crippen LogP contribution in [-0.4, -0.2) is 53.8 Å². The normalized spacial score (nSPS) is 10.7. The lowest BCUT2D eigenvalue weighted by atomic mass is 10.3. The molecule has 0 aliphatic rings. The lowest BCUT2D eigenvalue weighted by Gasteiger charge is -2.13. The molecule has 122 valence electrons. The third kappa shape index (κ3) is 5.59. The lowest BCUT2D eigenvalue weighted by Crippen LogP contribution is -2.23. The average Bonchev–Trinajstić information content (AvgIpc) is 2.62. The van der Waals surface area contributed by atoms with Gasteiger partial charge in [-0.3, -0.25) is 9.78 Å². The summed E-state index contributed by atoms with van der Waals surface area (Å²) in [6.07, 6.45) is 2.77. The van der Waals surface area contributed by atoms with Crippen molar-refractivity contribution in [2.75, 3.05) is 26.6 Å². The van der Waals surface area contributed by atoms with Crippen molar-refractivity contribution in [2.24, 2.45) is 0 Å². The van der Waals surface area contributed by atoms with Gasteiger partial charge in [0.2, 0.25) is 0 Å². The number of methoxy groups -OCH3 is 2. The van der Waals surface area contributed by atoms with E-state index in [4.69, 9.17) is 14.2 Å². The summed E-state index contributed by atoms with van der Waals surface area (Å²) in [5, 5.41) is 0.486. The van der Waals surface area contributed by atoms with E-state index in [9.17, 15) is 4.79 Å². The Kier molecular flexibility index (Phi) is 6.92. The van der Waals surface area contributed by atoms with Gasteiger partial charge in [0.1, 0.15) is 6.61 Å². The number of aromatic nitrogens is 3. The Bertz CT molecular complexity index is 623. The Labute approximate surface area is 138 Å². The molecule has 0 N–H and O–H groups in total. The summed E-state index contributed by atoms with van der Waals surface area (Å²) >= 11 is 1.20. The highest BCUT2D eigenvalue weighted by molar-refractivity contribution is 7.99. The van der Waals surface area contributed by atoms with Crippen LogP contribution in [0.25, 0.3) is 11.4 Å². The first kappa shape index (κ1) is 17.3. The molecule has 0 aliphatic carbocycles. The number of carbonyl (C=O) groups excluding carboxylic acids is 1. The average molecular weight is 335 g/mol. The zero-order valence-corrected chi connectivity index (χ0v) is 13.7. The van der Waals surface area contributed by atoms with Crippen LogP contribution in [0.3, 0.4) is 0 Å². The molecule has 0 amide bonds. The van der Waals surface area contributed by atoms with Gasteiger partial charge < -0.3 is 14.2 Å². The summed E-state index contributed by atoms with van der Waals surface area (Å²) < 4.78 is 14.9. The van der Waals surface area contributed by atoms with Crippen LogP contribution in [0.15, 0.2) is 41.8 Å². The second-order valence-electron chi connectivity index (χ2n) is 4.31. The summed E-state index contributed by atoms with van der Waals surface area (Å²) in [7, 11) is 2.96. The summed E-state index contributed by atoms with van der Waals surface area (Å²) in [4.78, 5) is 24.4. The molecule has 0 spiro atoms. The van der Waals surface area contributed by atoms with Crippen LogP contribution in [0.2, 0.25) is 0 Å². The van der Waals surface area contributed by atoms with E-state index in [1.165, 1.54) is 26.0 Å². The van der Waals surface area contributed by atoms with Crippen LogP contribution in [0, 0.1) is 0 Å². The van der Waals surface area contributed by atoms with Crippen molar-refractivity contribution in [1.82, 2.24) is 15.0 Å². The second-order valence-corrected chi connectivity index (χ2v) is 5.25. The van der Waals surface area contributed by atoms with Crippen molar-refractivity contribution in [1.29, 1.82) is 0 Å². The molecule has 2 aromatic rings. The van der Waals surface area contributed by atoms with Gasteiger partial charge in [0.15, 0.2) is 11.4 Å². The van der Waals surface area contributed by atoms with Crippen LogP contribution >= 0.6 is 11.8 Å². The second kappa shape index (κ2) is 9.19. The topological polar surface area (TPSA) is 83.4 Å². The maximum Gasteiger partial charge on any atom is 0.316 e. The van der Waals surface area contributed by atoms with E-state index in [1.54, 1.807) is 18.5 Å². The van der Waals surface area contributed by atoms with Crippen LogP contribution in [-0.2, 0) is 19.0 Å². The van der Waals surface area contributed by atoms with E-state index >= 15 is 0 Å². The van der Waals surface area contributed by atoms with Gasteiger partial charge in [-0.05, 0) is 18.2 Å². The summed E-state index contributed by atoms with van der Waals surface area (Å²) in [5.41, 5.74) is 1.46. The molecule has 2 heterocycles. The van der Waals surface area contributed by atoms with E-state index in [1.807, 2.05) is 18.2 Å². The molecule has 0 radical (unpaired) electrons. The molecule has 0 saturated carbocycles. The van der Waals surface area contributed by atoms with Gasteiger partial charge in [-0.2, -0.15) is 0 Å². The first-order chi connectivity index (χ1) is 11.2. The molecule has 2 aromatic heterocycles. The third-order valence-corrected chi connectivity index (χ3v) is 3.62. The predicted octanol–water partition coefficient (Wildman–Crippen LogP) is 1.79. The molecule has 0 saturated heterocycles. The van der Waals surface area contributed by atoms with E-state index in [0.717, 1.165) is 5.69 Å². The number of carbonyl (C=O) groups is 1. The predicted molar refractivity (Wildman–Crippen MR) is 84.8 cm³/mol. The number of pyridine rings is 1. The number of hydrogen-bond donors (Lipinski definition) is 0. The fraction of sp³-hybridized carbons (Fsp3) is 0.333.